The fraction of sp³-hybridized carbons (Fsp3) is 0.316. The highest BCUT2D eigenvalue weighted by molar-refractivity contribution is 6.04. The molecular formula is C19H27BN6O. The van der Waals surface area contributed by atoms with Gasteiger partial charge in [-0.2, -0.15) is 5.11 Å². The van der Waals surface area contributed by atoms with Crippen molar-refractivity contribution in [1.29, 1.82) is 0 Å². The third-order valence-corrected chi connectivity index (χ3v) is 4.13. The summed E-state index contributed by atoms with van der Waals surface area (Å²) >= 11 is 0. The first-order valence-electron chi connectivity index (χ1n) is 9.10. The molecule has 0 saturated carbocycles. The average molecular weight is 366 g/mol. The van der Waals surface area contributed by atoms with Crippen LogP contribution in [-0.4, -0.2) is 41.1 Å². The van der Waals surface area contributed by atoms with Gasteiger partial charge in [-0.05, 0) is 55.8 Å². The molecule has 8 heteroatoms. The highest BCUT2D eigenvalue weighted by Gasteiger charge is 2.10. The van der Waals surface area contributed by atoms with Crippen molar-refractivity contribution in [3.63, 3.8) is 0 Å². The van der Waals surface area contributed by atoms with Crippen LogP contribution in [-0.2, 0) is 0 Å². The normalized spacial score (nSPS) is 10.9. The molecule has 0 heterocycles. The Morgan fingerprint density at radius 2 is 1.74 bits per heavy atom. The van der Waals surface area contributed by atoms with E-state index in [4.69, 9.17) is 0 Å². The lowest BCUT2D eigenvalue weighted by molar-refractivity contribution is 0.0953. The summed E-state index contributed by atoms with van der Waals surface area (Å²) in [4.78, 5) is 12.4. The average Bonchev–Trinajstić information content (AvgIpc) is 2.72. The Hall–Kier alpha value is -2.71. The van der Waals surface area contributed by atoms with Gasteiger partial charge in [0.25, 0.3) is 5.91 Å². The van der Waals surface area contributed by atoms with E-state index in [2.05, 4.69) is 26.2 Å². The number of carbonyl (C=O) groups is 1. The minimum absolute atomic E-state index is 0.125. The van der Waals surface area contributed by atoms with Crippen LogP contribution in [0.3, 0.4) is 0 Å². The maximum atomic E-state index is 12.4. The fourth-order valence-corrected chi connectivity index (χ4v) is 2.46. The van der Waals surface area contributed by atoms with Crippen LogP contribution in [0, 0.1) is 0 Å². The van der Waals surface area contributed by atoms with Crippen molar-refractivity contribution < 1.29 is 4.79 Å². The van der Waals surface area contributed by atoms with Crippen molar-refractivity contribution in [1.82, 2.24) is 16.0 Å². The third-order valence-electron chi connectivity index (χ3n) is 4.13. The Morgan fingerprint density at radius 3 is 2.44 bits per heavy atom. The summed E-state index contributed by atoms with van der Waals surface area (Å²) in [7, 11) is 5.72. The molecular weight excluding hydrogens is 339 g/mol. The van der Waals surface area contributed by atoms with Crippen LogP contribution < -0.4 is 21.0 Å². The summed E-state index contributed by atoms with van der Waals surface area (Å²) < 4.78 is 0. The SMILES string of the molecule is BNCCCCNC(=O)c1ccccc1/N=N/c1ccc(N(C)NC)cc1. The molecule has 0 fully saturated rings. The molecule has 142 valence electrons. The van der Waals surface area contributed by atoms with Gasteiger partial charge in [0, 0.05) is 20.6 Å². The van der Waals surface area contributed by atoms with E-state index in [9.17, 15) is 4.79 Å². The molecule has 7 nitrogen and oxygen atoms in total. The summed E-state index contributed by atoms with van der Waals surface area (Å²) in [5, 5.41) is 16.5. The summed E-state index contributed by atoms with van der Waals surface area (Å²) in [6.07, 6.45) is 1.96. The largest absolute Gasteiger partial charge is 0.362 e. The number of hydrazine groups is 1. The van der Waals surface area contributed by atoms with E-state index in [1.165, 1.54) is 0 Å². The summed E-state index contributed by atoms with van der Waals surface area (Å²) in [6.45, 7) is 1.59. The first-order valence-corrected chi connectivity index (χ1v) is 9.10. The van der Waals surface area contributed by atoms with Gasteiger partial charge >= 0.3 is 0 Å². The topological polar surface area (TPSA) is 81.1 Å². The van der Waals surface area contributed by atoms with Crippen molar-refractivity contribution in [2.24, 2.45) is 10.2 Å². The number of anilines is 1. The van der Waals surface area contributed by atoms with Crippen LogP contribution >= 0.6 is 0 Å². The van der Waals surface area contributed by atoms with E-state index in [0.717, 1.165) is 30.8 Å². The maximum absolute atomic E-state index is 12.4. The summed E-state index contributed by atoms with van der Waals surface area (Å²) in [6, 6.07) is 14.9. The van der Waals surface area contributed by atoms with Crippen LogP contribution in [0.15, 0.2) is 58.8 Å². The Kier molecular flexibility index (Phi) is 8.47. The number of nitrogens with zero attached hydrogens (tertiary/aromatic N) is 3. The van der Waals surface area contributed by atoms with E-state index in [-0.39, 0.29) is 5.91 Å². The molecule has 0 saturated heterocycles. The van der Waals surface area contributed by atoms with Crippen molar-refractivity contribution in [3.05, 3.63) is 54.1 Å². The van der Waals surface area contributed by atoms with E-state index in [0.29, 0.717) is 17.8 Å². The van der Waals surface area contributed by atoms with E-state index in [1.807, 2.05) is 63.5 Å². The van der Waals surface area contributed by atoms with Crippen LogP contribution in [0.5, 0.6) is 0 Å². The van der Waals surface area contributed by atoms with Gasteiger partial charge in [-0.3, -0.25) is 4.79 Å². The molecule has 1 amide bonds. The Labute approximate surface area is 161 Å². The van der Waals surface area contributed by atoms with Gasteiger partial charge in [-0.15, -0.1) is 5.11 Å². The predicted molar refractivity (Wildman–Crippen MR) is 113 cm³/mol. The van der Waals surface area contributed by atoms with Crippen molar-refractivity contribution >= 4 is 31.0 Å². The second-order valence-corrected chi connectivity index (χ2v) is 6.08. The fourth-order valence-electron chi connectivity index (χ4n) is 2.46. The quantitative estimate of drug-likeness (QED) is 0.261. The van der Waals surface area contributed by atoms with E-state index >= 15 is 0 Å². The Bertz CT molecular complexity index is 750. The van der Waals surface area contributed by atoms with Crippen molar-refractivity contribution in [2.75, 3.05) is 32.2 Å². The second kappa shape index (κ2) is 11.1. The lowest BCUT2D eigenvalue weighted by Gasteiger charge is -2.16. The first-order chi connectivity index (χ1) is 13.2. The minimum Gasteiger partial charge on any atom is -0.362 e. The molecule has 0 atom stereocenters. The smallest absolute Gasteiger partial charge is 0.253 e. The second-order valence-electron chi connectivity index (χ2n) is 6.08. The number of hydrogen-bond donors (Lipinski definition) is 3. The highest BCUT2D eigenvalue weighted by atomic mass is 16.1. The lowest BCUT2D eigenvalue weighted by atomic mass is 10.1. The number of azo groups is 1. The van der Waals surface area contributed by atoms with Gasteiger partial charge < -0.3 is 15.6 Å². The van der Waals surface area contributed by atoms with Gasteiger partial charge in [-0.25, -0.2) is 5.43 Å². The lowest BCUT2D eigenvalue weighted by Crippen LogP contribution is -2.30. The summed E-state index contributed by atoms with van der Waals surface area (Å²) in [5.41, 5.74) is 5.87. The number of rotatable bonds is 10. The van der Waals surface area contributed by atoms with Crippen molar-refractivity contribution in [2.45, 2.75) is 12.8 Å². The predicted octanol–water partition coefficient (Wildman–Crippen LogP) is 2.32. The van der Waals surface area contributed by atoms with E-state index < -0.39 is 0 Å². The van der Waals surface area contributed by atoms with Gasteiger partial charge in [0.2, 0.25) is 0 Å². The molecule has 0 aromatic heterocycles. The number of amides is 1. The molecule has 0 radical (unpaired) electrons. The zero-order valence-corrected chi connectivity index (χ0v) is 16.2. The zero-order chi connectivity index (χ0) is 19.5. The van der Waals surface area contributed by atoms with Crippen LogP contribution in [0.2, 0.25) is 0 Å². The van der Waals surface area contributed by atoms with Gasteiger partial charge in [0.05, 0.1) is 22.6 Å². The molecule has 0 aliphatic carbocycles. The monoisotopic (exact) mass is 366 g/mol. The molecule has 0 aliphatic heterocycles. The maximum Gasteiger partial charge on any atom is 0.253 e. The minimum atomic E-state index is -0.125. The molecule has 2 aromatic carbocycles. The Balaban J connectivity index is 2.02. The van der Waals surface area contributed by atoms with E-state index in [1.54, 1.807) is 12.1 Å². The number of hydrogen-bond acceptors (Lipinski definition) is 6. The molecule has 2 rings (SSSR count). The van der Waals surface area contributed by atoms with Crippen LogP contribution in [0.4, 0.5) is 17.1 Å². The highest BCUT2D eigenvalue weighted by Crippen LogP contribution is 2.23. The molecule has 27 heavy (non-hydrogen) atoms. The number of benzene rings is 2. The molecule has 0 bridgehead atoms. The van der Waals surface area contributed by atoms with Crippen LogP contribution in [0.1, 0.15) is 23.2 Å². The van der Waals surface area contributed by atoms with Crippen molar-refractivity contribution in [3.8, 4) is 0 Å². The zero-order valence-electron chi connectivity index (χ0n) is 16.2. The Morgan fingerprint density at radius 1 is 1.04 bits per heavy atom. The summed E-state index contributed by atoms with van der Waals surface area (Å²) in [5.74, 6) is -0.125. The third kappa shape index (κ3) is 6.51. The molecule has 0 spiro atoms. The molecule has 3 N–H and O–H groups in total. The van der Waals surface area contributed by atoms with Gasteiger partial charge in [0.1, 0.15) is 0 Å². The number of unbranched alkanes of at least 4 members (excludes halogenated alkanes) is 1. The number of nitrogens with one attached hydrogen (secondary N) is 3. The molecule has 2 aromatic rings. The standard InChI is InChI=1S/C19H27BN6O/c1-21-26(2)16-11-9-15(10-12-16)24-25-18-8-4-3-7-17(18)19(27)22-13-5-6-14-23-20/h3-4,7-12,21,23H,5-6,13-14,20H2,1-2H3,(H,22,27)/b25-24+. The first kappa shape index (κ1) is 20.6. The molecule has 0 aliphatic rings. The number of carbonyl (C=O) groups excluding carboxylic acids is 1. The van der Waals surface area contributed by atoms with Gasteiger partial charge in [0.15, 0.2) is 7.98 Å². The molecule has 0 unspecified atom stereocenters. The van der Waals surface area contributed by atoms with Crippen LogP contribution in [0.25, 0.3) is 0 Å². The van der Waals surface area contributed by atoms with Gasteiger partial charge in [-0.1, -0.05) is 12.1 Å².